The molecule has 150 valence electrons. The van der Waals surface area contributed by atoms with E-state index in [1.54, 1.807) is 7.11 Å². The van der Waals surface area contributed by atoms with Crippen molar-refractivity contribution < 1.29 is 14.6 Å². The van der Waals surface area contributed by atoms with Gasteiger partial charge in [-0.1, -0.05) is 0 Å². The van der Waals surface area contributed by atoms with Gasteiger partial charge in [0, 0.05) is 25.4 Å². The fraction of sp³-hybridized carbons (Fsp3) is 0.333. The van der Waals surface area contributed by atoms with Crippen LogP contribution in [-0.4, -0.2) is 57.4 Å². The molecule has 0 amide bonds. The number of aliphatic hydroxyl groups is 1. The van der Waals surface area contributed by atoms with Crippen LogP contribution >= 0.6 is 0 Å². The van der Waals surface area contributed by atoms with Gasteiger partial charge in [0.2, 0.25) is 0 Å². The summed E-state index contributed by atoms with van der Waals surface area (Å²) in [5.74, 6) is 1.68. The van der Waals surface area contributed by atoms with Gasteiger partial charge in [0.15, 0.2) is 5.65 Å². The number of aromatic amines is 1. The van der Waals surface area contributed by atoms with E-state index in [0.717, 1.165) is 39.5 Å². The molecule has 1 saturated heterocycles. The minimum absolute atomic E-state index is 0.0107. The molecular formula is C21H23N5O3. The third-order valence-corrected chi connectivity index (χ3v) is 5.30. The van der Waals surface area contributed by atoms with Crippen LogP contribution in [0.2, 0.25) is 0 Å². The maximum Gasteiger partial charge on any atom is 0.154 e. The molecule has 0 aliphatic carbocycles. The number of aliphatic hydroxyl groups excluding tert-OH is 1. The normalized spacial score (nSPS) is 19.4. The monoisotopic (exact) mass is 393 g/mol. The van der Waals surface area contributed by atoms with E-state index in [9.17, 15) is 5.11 Å². The number of aromatic nitrogens is 4. The summed E-state index contributed by atoms with van der Waals surface area (Å²) in [5.41, 5.74) is 4.57. The Labute approximate surface area is 167 Å². The number of fused-ring (bicyclic) bond motifs is 3. The Balaban J connectivity index is 1.59. The molecule has 5 rings (SSSR count). The number of β-amino-alcohol motifs (C(OH)–C–C–N with tert-alkyl or cyclic N) is 1. The Morgan fingerprint density at radius 1 is 1.17 bits per heavy atom. The van der Waals surface area contributed by atoms with E-state index in [-0.39, 0.29) is 12.1 Å². The minimum Gasteiger partial charge on any atom is -0.491 e. The molecule has 1 aliphatic heterocycles. The number of benzene rings is 1. The quantitative estimate of drug-likeness (QED) is 0.435. The first-order valence-corrected chi connectivity index (χ1v) is 9.72. The van der Waals surface area contributed by atoms with Crippen LogP contribution in [0.25, 0.3) is 27.9 Å². The molecule has 1 fully saturated rings. The summed E-state index contributed by atoms with van der Waals surface area (Å²) in [4.78, 5) is 12.7. The van der Waals surface area contributed by atoms with E-state index < -0.39 is 0 Å². The van der Waals surface area contributed by atoms with Crippen molar-refractivity contribution in [2.45, 2.75) is 18.6 Å². The SMILES string of the molecule is COCCOc1ccc(-c2nc(C3CC(O)CN3)n3c2cnc2[nH]ccc23)cc1. The molecule has 4 heterocycles. The van der Waals surface area contributed by atoms with Crippen molar-refractivity contribution in [3.05, 3.63) is 48.5 Å². The summed E-state index contributed by atoms with van der Waals surface area (Å²) in [6.07, 6.45) is 4.00. The lowest BCUT2D eigenvalue weighted by Crippen LogP contribution is -2.17. The van der Waals surface area contributed by atoms with Crippen LogP contribution in [0.1, 0.15) is 18.3 Å². The molecule has 8 nitrogen and oxygen atoms in total. The average molecular weight is 393 g/mol. The molecule has 0 bridgehead atoms. The van der Waals surface area contributed by atoms with Gasteiger partial charge in [0.25, 0.3) is 0 Å². The van der Waals surface area contributed by atoms with Crippen LogP contribution in [-0.2, 0) is 4.74 Å². The third kappa shape index (κ3) is 3.25. The first-order chi connectivity index (χ1) is 14.2. The molecule has 0 saturated carbocycles. The van der Waals surface area contributed by atoms with Crippen LogP contribution in [0.15, 0.2) is 42.7 Å². The highest BCUT2D eigenvalue weighted by atomic mass is 16.5. The molecule has 1 aliphatic rings. The van der Waals surface area contributed by atoms with Gasteiger partial charge in [0.05, 0.1) is 41.7 Å². The zero-order valence-electron chi connectivity index (χ0n) is 16.1. The molecule has 3 aromatic heterocycles. The second kappa shape index (κ2) is 7.47. The predicted octanol–water partition coefficient (Wildman–Crippen LogP) is 2.30. The van der Waals surface area contributed by atoms with E-state index >= 15 is 0 Å². The van der Waals surface area contributed by atoms with Gasteiger partial charge in [-0.25, -0.2) is 9.97 Å². The molecule has 2 unspecified atom stereocenters. The van der Waals surface area contributed by atoms with Crippen LogP contribution in [0, 0.1) is 0 Å². The fourth-order valence-electron chi connectivity index (χ4n) is 3.90. The third-order valence-electron chi connectivity index (χ3n) is 5.30. The second-order valence-corrected chi connectivity index (χ2v) is 7.22. The van der Waals surface area contributed by atoms with Crippen LogP contribution < -0.4 is 10.1 Å². The summed E-state index contributed by atoms with van der Waals surface area (Å²) < 4.78 is 12.8. The molecule has 29 heavy (non-hydrogen) atoms. The Bertz CT molecular complexity index is 1130. The van der Waals surface area contributed by atoms with Gasteiger partial charge in [-0.15, -0.1) is 0 Å². The Morgan fingerprint density at radius 2 is 2.03 bits per heavy atom. The van der Waals surface area contributed by atoms with Gasteiger partial charge in [-0.2, -0.15) is 0 Å². The van der Waals surface area contributed by atoms with Crippen molar-refractivity contribution in [3.8, 4) is 17.0 Å². The number of hydrogen-bond donors (Lipinski definition) is 3. The summed E-state index contributed by atoms with van der Waals surface area (Å²) in [6, 6.07) is 9.88. The van der Waals surface area contributed by atoms with Crippen molar-refractivity contribution in [3.63, 3.8) is 0 Å². The van der Waals surface area contributed by atoms with E-state index in [4.69, 9.17) is 14.5 Å². The number of rotatable bonds is 6. The average Bonchev–Trinajstić information content (AvgIpc) is 3.45. The Kier molecular flexibility index (Phi) is 4.67. The number of ether oxygens (including phenoxy) is 2. The second-order valence-electron chi connectivity index (χ2n) is 7.22. The molecule has 3 N–H and O–H groups in total. The summed E-state index contributed by atoms with van der Waals surface area (Å²) in [6.45, 7) is 1.64. The molecule has 0 radical (unpaired) electrons. The number of nitrogens with one attached hydrogen (secondary N) is 2. The van der Waals surface area contributed by atoms with E-state index in [1.807, 2.05) is 42.7 Å². The zero-order chi connectivity index (χ0) is 19.8. The number of H-pyrrole nitrogens is 1. The summed E-state index contributed by atoms with van der Waals surface area (Å²) in [7, 11) is 1.65. The molecular weight excluding hydrogens is 370 g/mol. The highest BCUT2D eigenvalue weighted by molar-refractivity contribution is 5.84. The summed E-state index contributed by atoms with van der Waals surface area (Å²) >= 11 is 0. The van der Waals surface area contributed by atoms with Crippen LogP contribution in [0.4, 0.5) is 0 Å². The lowest BCUT2D eigenvalue weighted by atomic mass is 10.1. The maximum absolute atomic E-state index is 10.0. The van der Waals surface area contributed by atoms with E-state index in [1.165, 1.54) is 0 Å². The smallest absolute Gasteiger partial charge is 0.154 e. The highest BCUT2D eigenvalue weighted by Crippen LogP contribution is 2.33. The molecule has 1 aromatic carbocycles. The van der Waals surface area contributed by atoms with Gasteiger partial charge >= 0.3 is 0 Å². The van der Waals surface area contributed by atoms with Gasteiger partial charge in [-0.3, -0.25) is 4.40 Å². The molecule has 8 heteroatoms. The number of methoxy groups -OCH3 is 1. The number of imidazole rings is 1. The van der Waals surface area contributed by atoms with E-state index in [0.29, 0.717) is 26.2 Å². The lowest BCUT2D eigenvalue weighted by Gasteiger charge is -2.09. The van der Waals surface area contributed by atoms with E-state index in [2.05, 4.69) is 19.7 Å². The Hall–Kier alpha value is -2.94. The van der Waals surface area contributed by atoms with Crippen molar-refractivity contribution in [1.29, 1.82) is 0 Å². The summed E-state index contributed by atoms with van der Waals surface area (Å²) in [5, 5.41) is 13.4. The van der Waals surface area contributed by atoms with Crippen LogP contribution in [0.5, 0.6) is 5.75 Å². The van der Waals surface area contributed by atoms with Gasteiger partial charge in [0.1, 0.15) is 18.2 Å². The zero-order valence-corrected chi connectivity index (χ0v) is 16.1. The largest absolute Gasteiger partial charge is 0.491 e. The van der Waals surface area contributed by atoms with Crippen molar-refractivity contribution in [2.75, 3.05) is 26.9 Å². The topological polar surface area (TPSA) is 96.7 Å². The van der Waals surface area contributed by atoms with Crippen LogP contribution in [0.3, 0.4) is 0 Å². The fourth-order valence-corrected chi connectivity index (χ4v) is 3.90. The maximum atomic E-state index is 10.0. The molecule has 0 spiro atoms. The lowest BCUT2D eigenvalue weighted by molar-refractivity contribution is 0.146. The number of hydrogen-bond acceptors (Lipinski definition) is 6. The van der Waals surface area contributed by atoms with Gasteiger partial charge < -0.3 is 24.9 Å². The van der Waals surface area contributed by atoms with Crippen molar-refractivity contribution >= 4 is 16.7 Å². The molecule has 2 atom stereocenters. The van der Waals surface area contributed by atoms with Crippen molar-refractivity contribution in [2.24, 2.45) is 0 Å². The standard InChI is InChI=1S/C21H23N5O3/c1-28-8-9-29-15-4-2-13(3-5-15)19-18-12-24-20-17(6-7-22-20)26(18)21(25-19)16-10-14(27)11-23-16/h2-7,12,14,16,22-23,27H,8-11H2,1H3. The molecule has 4 aromatic rings. The predicted molar refractivity (Wildman–Crippen MR) is 109 cm³/mol. The minimum atomic E-state index is -0.358. The first kappa shape index (κ1) is 18.1. The number of nitrogens with zero attached hydrogens (tertiary/aromatic N) is 3. The highest BCUT2D eigenvalue weighted by Gasteiger charge is 2.29. The first-order valence-electron chi connectivity index (χ1n) is 9.72. The van der Waals surface area contributed by atoms with Gasteiger partial charge in [-0.05, 0) is 36.8 Å². The van der Waals surface area contributed by atoms with Crippen molar-refractivity contribution in [1.82, 2.24) is 24.7 Å². The Morgan fingerprint density at radius 3 is 2.79 bits per heavy atom.